The molecule has 1 aromatic heterocycles. The zero-order valence-corrected chi connectivity index (χ0v) is 12.8. The zero-order chi connectivity index (χ0) is 17.0. The Morgan fingerprint density at radius 1 is 1.30 bits per heavy atom. The number of alkyl halides is 3. The number of aryl methyl sites for hydroxylation is 2. The molecule has 0 aliphatic heterocycles. The van der Waals surface area contributed by atoms with Crippen LogP contribution < -0.4 is 5.32 Å². The Kier molecular flexibility index (Phi) is 4.94. The van der Waals surface area contributed by atoms with Gasteiger partial charge in [-0.2, -0.15) is 18.4 Å². The number of nitrogens with one attached hydrogen (secondary N) is 1. The molecule has 23 heavy (non-hydrogen) atoms. The van der Waals surface area contributed by atoms with E-state index in [1.54, 1.807) is 6.07 Å². The first-order chi connectivity index (χ1) is 10.8. The summed E-state index contributed by atoms with van der Waals surface area (Å²) >= 11 is 0. The number of benzene rings is 1. The summed E-state index contributed by atoms with van der Waals surface area (Å²) in [6.07, 6.45) is -3.08. The minimum atomic E-state index is -4.54. The third kappa shape index (κ3) is 4.03. The molecule has 7 heteroatoms. The fraction of sp³-hybridized carbons (Fsp3) is 0.375. The van der Waals surface area contributed by atoms with Crippen molar-refractivity contribution in [2.45, 2.75) is 32.9 Å². The molecule has 1 N–H and O–H groups in total. The predicted octanol–water partition coefficient (Wildman–Crippen LogP) is 4.23. The highest BCUT2D eigenvalue weighted by Crippen LogP contribution is 2.33. The van der Waals surface area contributed by atoms with Crippen LogP contribution in [0.5, 0.6) is 0 Å². The van der Waals surface area contributed by atoms with E-state index in [0.29, 0.717) is 12.2 Å². The molecule has 0 radical (unpaired) electrons. The normalized spacial score (nSPS) is 11.3. The van der Waals surface area contributed by atoms with E-state index in [0.717, 1.165) is 35.9 Å². The molecule has 0 aliphatic carbocycles. The average molecular weight is 323 g/mol. The molecule has 0 fully saturated rings. The highest BCUT2D eigenvalue weighted by molar-refractivity contribution is 5.53. The van der Waals surface area contributed by atoms with Crippen LogP contribution in [0.3, 0.4) is 0 Å². The molecule has 0 unspecified atom stereocenters. The number of hydrogen-bond donors (Lipinski definition) is 1. The van der Waals surface area contributed by atoms with E-state index in [-0.39, 0.29) is 5.56 Å². The van der Waals surface area contributed by atoms with Crippen molar-refractivity contribution in [3.63, 3.8) is 0 Å². The van der Waals surface area contributed by atoms with Gasteiger partial charge in [0, 0.05) is 17.8 Å². The van der Waals surface area contributed by atoms with E-state index < -0.39 is 11.7 Å². The number of hydrogen-bond acceptors (Lipinski definition) is 4. The highest BCUT2D eigenvalue weighted by atomic mass is 19.4. The van der Waals surface area contributed by atoms with E-state index in [9.17, 15) is 13.2 Å². The van der Waals surface area contributed by atoms with Gasteiger partial charge >= 0.3 is 6.18 Å². The standard InChI is InChI=1S/C16H16F3N3O/c1-10-14(11(2)23-22-10)4-3-7-21-13-6-5-12(9-20)15(8-13)16(17,18)19/h5-6,8,21H,3-4,7H2,1-2H3. The van der Waals surface area contributed by atoms with Gasteiger partial charge in [-0.1, -0.05) is 5.16 Å². The number of anilines is 1. The van der Waals surface area contributed by atoms with Crippen molar-refractivity contribution in [3.8, 4) is 6.07 Å². The zero-order valence-electron chi connectivity index (χ0n) is 12.8. The van der Waals surface area contributed by atoms with Crippen LogP contribution in [0.1, 0.15) is 34.6 Å². The van der Waals surface area contributed by atoms with Crippen LogP contribution in [-0.4, -0.2) is 11.7 Å². The maximum absolute atomic E-state index is 12.9. The number of nitrogens with zero attached hydrogens (tertiary/aromatic N) is 2. The minimum Gasteiger partial charge on any atom is -0.385 e. The number of halogens is 3. The molecule has 0 saturated carbocycles. The highest BCUT2D eigenvalue weighted by Gasteiger charge is 2.33. The van der Waals surface area contributed by atoms with E-state index in [1.165, 1.54) is 12.1 Å². The second-order valence-electron chi connectivity index (χ2n) is 5.20. The Bertz CT molecular complexity index is 710. The summed E-state index contributed by atoms with van der Waals surface area (Å²) in [4.78, 5) is 0. The summed E-state index contributed by atoms with van der Waals surface area (Å²) in [5, 5.41) is 15.6. The molecule has 0 saturated heterocycles. The van der Waals surface area contributed by atoms with Gasteiger partial charge < -0.3 is 9.84 Å². The Morgan fingerprint density at radius 3 is 2.61 bits per heavy atom. The lowest BCUT2D eigenvalue weighted by molar-refractivity contribution is -0.137. The van der Waals surface area contributed by atoms with E-state index in [2.05, 4.69) is 10.5 Å². The van der Waals surface area contributed by atoms with E-state index in [4.69, 9.17) is 9.78 Å². The maximum Gasteiger partial charge on any atom is 0.417 e. The van der Waals surface area contributed by atoms with Crippen molar-refractivity contribution in [2.75, 3.05) is 11.9 Å². The lowest BCUT2D eigenvalue weighted by Gasteiger charge is -2.12. The van der Waals surface area contributed by atoms with Gasteiger partial charge in [0.15, 0.2) is 0 Å². The molecular formula is C16H16F3N3O. The summed E-state index contributed by atoms with van der Waals surface area (Å²) in [6, 6.07) is 5.19. The van der Waals surface area contributed by atoms with Gasteiger partial charge in [-0.05, 0) is 44.9 Å². The van der Waals surface area contributed by atoms with Gasteiger partial charge in [0.1, 0.15) is 5.76 Å². The van der Waals surface area contributed by atoms with E-state index >= 15 is 0 Å². The van der Waals surface area contributed by atoms with Crippen molar-refractivity contribution in [3.05, 3.63) is 46.3 Å². The van der Waals surface area contributed by atoms with Crippen molar-refractivity contribution in [1.29, 1.82) is 5.26 Å². The average Bonchev–Trinajstić information content (AvgIpc) is 2.82. The summed E-state index contributed by atoms with van der Waals surface area (Å²) in [6.45, 7) is 4.20. The fourth-order valence-electron chi connectivity index (χ4n) is 2.34. The Balaban J connectivity index is 1.98. The van der Waals surface area contributed by atoms with Gasteiger partial charge in [-0.3, -0.25) is 0 Å². The van der Waals surface area contributed by atoms with Crippen molar-refractivity contribution in [1.82, 2.24) is 5.16 Å². The SMILES string of the molecule is Cc1noc(C)c1CCCNc1ccc(C#N)c(C(F)(F)F)c1. The van der Waals surface area contributed by atoms with Gasteiger partial charge in [0.2, 0.25) is 0 Å². The lowest BCUT2D eigenvalue weighted by Crippen LogP contribution is -2.10. The molecule has 0 amide bonds. The van der Waals surface area contributed by atoms with Crippen LogP contribution in [0.2, 0.25) is 0 Å². The first-order valence-electron chi connectivity index (χ1n) is 7.10. The van der Waals surface area contributed by atoms with Gasteiger partial charge in [0.25, 0.3) is 0 Å². The number of rotatable bonds is 5. The maximum atomic E-state index is 12.9. The summed E-state index contributed by atoms with van der Waals surface area (Å²) < 4.78 is 43.7. The van der Waals surface area contributed by atoms with Crippen LogP contribution in [0, 0.1) is 25.2 Å². The lowest BCUT2D eigenvalue weighted by atomic mass is 10.1. The van der Waals surface area contributed by atoms with Gasteiger partial charge in [0.05, 0.1) is 22.9 Å². The molecule has 0 atom stereocenters. The van der Waals surface area contributed by atoms with Crippen molar-refractivity contribution in [2.24, 2.45) is 0 Å². The van der Waals surface area contributed by atoms with Crippen molar-refractivity contribution >= 4 is 5.69 Å². The first-order valence-corrected chi connectivity index (χ1v) is 7.10. The summed E-state index contributed by atoms with van der Waals surface area (Å²) in [5.74, 6) is 0.764. The fourth-order valence-corrected chi connectivity index (χ4v) is 2.34. The Morgan fingerprint density at radius 2 is 2.04 bits per heavy atom. The smallest absolute Gasteiger partial charge is 0.385 e. The topological polar surface area (TPSA) is 61.9 Å². The first kappa shape index (κ1) is 16.9. The molecule has 2 rings (SSSR count). The molecule has 1 aromatic carbocycles. The van der Waals surface area contributed by atoms with Gasteiger partial charge in [-0.15, -0.1) is 0 Å². The molecule has 0 bridgehead atoms. The second-order valence-corrected chi connectivity index (χ2v) is 5.20. The van der Waals surface area contributed by atoms with Gasteiger partial charge in [-0.25, -0.2) is 0 Å². The number of aromatic nitrogens is 1. The summed E-state index contributed by atoms with van der Waals surface area (Å²) in [5.41, 5.74) is 0.910. The largest absolute Gasteiger partial charge is 0.417 e. The van der Waals surface area contributed by atoms with Crippen LogP contribution in [0.25, 0.3) is 0 Å². The predicted molar refractivity (Wildman–Crippen MR) is 78.9 cm³/mol. The molecule has 0 aliphatic rings. The van der Waals surface area contributed by atoms with E-state index in [1.807, 2.05) is 13.8 Å². The summed E-state index contributed by atoms with van der Waals surface area (Å²) in [7, 11) is 0. The monoisotopic (exact) mass is 323 g/mol. The molecule has 2 aromatic rings. The Hall–Kier alpha value is -2.49. The Labute approximate surface area is 131 Å². The molecule has 0 spiro atoms. The number of nitriles is 1. The van der Waals surface area contributed by atoms with Crippen LogP contribution in [0.4, 0.5) is 18.9 Å². The third-order valence-electron chi connectivity index (χ3n) is 3.56. The minimum absolute atomic E-state index is 0.343. The second kappa shape index (κ2) is 6.73. The molecule has 1 heterocycles. The molecule has 122 valence electrons. The molecular weight excluding hydrogens is 307 g/mol. The van der Waals surface area contributed by atoms with Crippen molar-refractivity contribution < 1.29 is 17.7 Å². The third-order valence-corrected chi connectivity index (χ3v) is 3.56. The van der Waals surface area contributed by atoms with Crippen LogP contribution >= 0.6 is 0 Å². The quantitative estimate of drug-likeness (QED) is 0.837. The molecule has 4 nitrogen and oxygen atoms in total. The van der Waals surface area contributed by atoms with Crippen LogP contribution in [-0.2, 0) is 12.6 Å². The van der Waals surface area contributed by atoms with Crippen LogP contribution in [0.15, 0.2) is 22.7 Å².